The van der Waals surface area contributed by atoms with Crippen LogP contribution in [0.3, 0.4) is 0 Å². The minimum atomic E-state index is -0.549. The summed E-state index contributed by atoms with van der Waals surface area (Å²) in [7, 11) is 3.89. The van der Waals surface area contributed by atoms with Crippen LogP contribution in [0.1, 0.15) is 15.9 Å². The first kappa shape index (κ1) is 15.4. The van der Waals surface area contributed by atoms with E-state index in [9.17, 15) is 14.9 Å². The lowest BCUT2D eigenvalue weighted by Gasteiger charge is -2.11. The predicted molar refractivity (Wildman–Crippen MR) is 87.2 cm³/mol. The molecule has 0 atom stereocenters. The molecule has 5 heteroatoms. The van der Waals surface area contributed by atoms with E-state index in [1.165, 1.54) is 18.2 Å². The number of carbonyl (C=O) groups is 1. The molecule has 0 saturated heterocycles. The van der Waals surface area contributed by atoms with Crippen molar-refractivity contribution in [2.24, 2.45) is 0 Å². The SMILES string of the molecule is CN(C)c1ccc(C=CC(=O)c2ccccc2[N+](=O)[O-])cc1. The molecule has 0 bridgehead atoms. The molecule has 5 nitrogen and oxygen atoms in total. The Kier molecular flexibility index (Phi) is 4.68. The van der Waals surface area contributed by atoms with Gasteiger partial charge in [-0.25, -0.2) is 0 Å². The third kappa shape index (κ3) is 3.58. The highest BCUT2D eigenvalue weighted by atomic mass is 16.6. The van der Waals surface area contributed by atoms with Crippen molar-refractivity contribution in [1.29, 1.82) is 0 Å². The van der Waals surface area contributed by atoms with Gasteiger partial charge in [-0.15, -0.1) is 0 Å². The highest BCUT2D eigenvalue weighted by Crippen LogP contribution is 2.19. The maximum absolute atomic E-state index is 12.1. The van der Waals surface area contributed by atoms with E-state index in [1.807, 2.05) is 43.3 Å². The molecule has 2 aromatic carbocycles. The summed E-state index contributed by atoms with van der Waals surface area (Å²) < 4.78 is 0. The summed E-state index contributed by atoms with van der Waals surface area (Å²) >= 11 is 0. The Morgan fingerprint density at radius 1 is 1.09 bits per heavy atom. The van der Waals surface area contributed by atoms with E-state index in [0.29, 0.717) is 0 Å². The summed E-state index contributed by atoms with van der Waals surface area (Å²) in [6.45, 7) is 0. The van der Waals surface area contributed by atoms with Crippen LogP contribution >= 0.6 is 0 Å². The summed E-state index contributed by atoms with van der Waals surface area (Å²) in [5.41, 5.74) is 1.83. The van der Waals surface area contributed by atoms with Crippen molar-refractivity contribution < 1.29 is 9.72 Å². The second kappa shape index (κ2) is 6.67. The summed E-state index contributed by atoms with van der Waals surface area (Å²) in [4.78, 5) is 24.5. The second-order valence-electron chi connectivity index (χ2n) is 4.96. The van der Waals surface area contributed by atoms with Gasteiger partial charge in [0.2, 0.25) is 0 Å². The lowest BCUT2D eigenvalue weighted by Crippen LogP contribution is -2.07. The Hall–Kier alpha value is -2.95. The molecule has 0 aliphatic carbocycles. The molecule has 0 amide bonds. The number of nitro benzene ring substituents is 1. The predicted octanol–water partition coefficient (Wildman–Crippen LogP) is 3.56. The molecule has 0 spiro atoms. The van der Waals surface area contributed by atoms with E-state index in [4.69, 9.17) is 0 Å². The van der Waals surface area contributed by atoms with Gasteiger partial charge in [-0.2, -0.15) is 0 Å². The average Bonchev–Trinajstić information content (AvgIpc) is 2.53. The standard InChI is InChI=1S/C17H16N2O3/c1-18(2)14-10-7-13(8-11-14)9-12-17(20)15-5-3-4-6-16(15)19(21)22/h3-12H,1-2H3. The fourth-order valence-electron chi connectivity index (χ4n) is 1.99. The zero-order chi connectivity index (χ0) is 16.1. The lowest BCUT2D eigenvalue weighted by atomic mass is 10.1. The van der Waals surface area contributed by atoms with Crippen molar-refractivity contribution in [3.05, 3.63) is 75.8 Å². The zero-order valence-corrected chi connectivity index (χ0v) is 12.4. The van der Waals surface area contributed by atoms with Gasteiger partial charge in [0.05, 0.1) is 10.5 Å². The van der Waals surface area contributed by atoms with Gasteiger partial charge >= 0.3 is 0 Å². The second-order valence-corrected chi connectivity index (χ2v) is 4.96. The monoisotopic (exact) mass is 296 g/mol. The van der Waals surface area contributed by atoms with Crippen molar-refractivity contribution in [2.45, 2.75) is 0 Å². The van der Waals surface area contributed by atoms with E-state index in [-0.39, 0.29) is 17.0 Å². The number of anilines is 1. The Morgan fingerprint density at radius 2 is 1.73 bits per heavy atom. The van der Waals surface area contributed by atoms with Gasteiger partial charge in [-0.1, -0.05) is 30.3 Å². The van der Waals surface area contributed by atoms with Crippen molar-refractivity contribution in [1.82, 2.24) is 0 Å². The fraction of sp³-hybridized carbons (Fsp3) is 0.118. The molecule has 0 fully saturated rings. The molecule has 0 aromatic heterocycles. The van der Waals surface area contributed by atoms with Crippen molar-refractivity contribution >= 4 is 23.2 Å². The first-order valence-electron chi connectivity index (χ1n) is 6.72. The molecular formula is C17H16N2O3. The van der Waals surface area contributed by atoms with Gasteiger partial charge in [-0.05, 0) is 29.8 Å². The van der Waals surface area contributed by atoms with Gasteiger partial charge in [0, 0.05) is 25.8 Å². The largest absolute Gasteiger partial charge is 0.378 e. The van der Waals surface area contributed by atoms with E-state index < -0.39 is 4.92 Å². The number of nitrogens with zero attached hydrogens (tertiary/aromatic N) is 2. The van der Waals surface area contributed by atoms with Gasteiger partial charge in [0.15, 0.2) is 5.78 Å². The lowest BCUT2D eigenvalue weighted by molar-refractivity contribution is -0.385. The van der Waals surface area contributed by atoms with Crippen LogP contribution in [0.5, 0.6) is 0 Å². The molecule has 112 valence electrons. The first-order valence-corrected chi connectivity index (χ1v) is 6.72. The first-order chi connectivity index (χ1) is 10.5. The summed E-state index contributed by atoms with van der Waals surface area (Å²) in [5, 5.41) is 10.9. The molecule has 0 heterocycles. The van der Waals surface area contributed by atoms with Crippen LogP contribution in [0, 0.1) is 10.1 Å². The number of rotatable bonds is 5. The molecule has 0 saturated carbocycles. The number of hydrogen-bond donors (Lipinski definition) is 0. The third-order valence-electron chi connectivity index (χ3n) is 3.20. The Morgan fingerprint density at radius 3 is 2.32 bits per heavy atom. The van der Waals surface area contributed by atoms with E-state index in [2.05, 4.69) is 0 Å². The minimum absolute atomic E-state index is 0.0914. The smallest absolute Gasteiger partial charge is 0.280 e. The van der Waals surface area contributed by atoms with Crippen LogP contribution in [0.15, 0.2) is 54.6 Å². The normalized spacial score (nSPS) is 10.6. The number of allylic oxidation sites excluding steroid dienone is 1. The van der Waals surface area contributed by atoms with Crippen molar-refractivity contribution in [3.8, 4) is 0 Å². The molecule has 0 N–H and O–H groups in total. The number of benzene rings is 2. The zero-order valence-electron chi connectivity index (χ0n) is 12.4. The molecule has 0 aliphatic heterocycles. The van der Waals surface area contributed by atoms with Crippen LogP contribution in [0.2, 0.25) is 0 Å². The van der Waals surface area contributed by atoms with Crippen LogP contribution in [0.4, 0.5) is 11.4 Å². The van der Waals surface area contributed by atoms with Gasteiger partial charge in [0.1, 0.15) is 0 Å². The van der Waals surface area contributed by atoms with Gasteiger partial charge in [-0.3, -0.25) is 14.9 Å². The quantitative estimate of drug-likeness (QED) is 0.366. The van der Waals surface area contributed by atoms with E-state index in [0.717, 1.165) is 11.3 Å². The summed E-state index contributed by atoms with van der Waals surface area (Å²) in [6.07, 6.45) is 3.01. The molecule has 2 rings (SSSR count). The fourth-order valence-corrected chi connectivity index (χ4v) is 1.99. The van der Waals surface area contributed by atoms with Crippen LogP contribution in [-0.4, -0.2) is 24.8 Å². The van der Waals surface area contributed by atoms with Gasteiger partial charge in [0.25, 0.3) is 5.69 Å². The Labute approximate surface area is 128 Å². The highest BCUT2D eigenvalue weighted by molar-refractivity contribution is 6.09. The number of para-hydroxylation sites is 1. The topological polar surface area (TPSA) is 63.5 Å². The number of carbonyl (C=O) groups excluding carboxylic acids is 1. The molecule has 0 radical (unpaired) electrons. The maximum atomic E-state index is 12.1. The highest BCUT2D eigenvalue weighted by Gasteiger charge is 2.16. The molecule has 2 aromatic rings. The van der Waals surface area contributed by atoms with Crippen LogP contribution in [0.25, 0.3) is 6.08 Å². The summed E-state index contributed by atoms with van der Waals surface area (Å²) in [6, 6.07) is 13.6. The summed E-state index contributed by atoms with van der Waals surface area (Å²) in [5.74, 6) is -0.385. The molecule has 22 heavy (non-hydrogen) atoms. The molecule has 0 unspecified atom stereocenters. The number of hydrogen-bond acceptors (Lipinski definition) is 4. The molecule has 0 aliphatic rings. The Bertz CT molecular complexity index is 719. The number of ketones is 1. The van der Waals surface area contributed by atoms with Crippen molar-refractivity contribution in [2.75, 3.05) is 19.0 Å². The van der Waals surface area contributed by atoms with Crippen molar-refractivity contribution in [3.63, 3.8) is 0 Å². The van der Waals surface area contributed by atoms with E-state index in [1.54, 1.807) is 18.2 Å². The van der Waals surface area contributed by atoms with Crippen LogP contribution < -0.4 is 4.90 Å². The average molecular weight is 296 g/mol. The minimum Gasteiger partial charge on any atom is -0.378 e. The van der Waals surface area contributed by atoms with E-state index >= 15 is 0 Å². The molecular weight excluding hydrogens is 280 g/mol. The van der Waals surface area contributed by atoms with Crippen LogP contribution in [-0.2, 0) is 0 Å². The van der Waals surface area contributed by atoms with Gasteiger partial charge < -0.3 is 4.90 Å². The maximum Gasteiger partial charge on any atom is 0.280 e. The number of nitro groups is 1. The third-order valence-corrected chi connectivity index (χ3v) is 3.20. The Balaban J connectivity index is 2.20.